The van der Waals surface area contributed by atoms with E-state index in [-0.39, 0.29) is 6.10 Å². The van der Waals surface area contributed by atoms with Crippen LogP contribution in [0, 0.1) is 0 Å². The fourth-order valence-electron chi connectivity index (χ4n) is 1.39. The molecule has 3 nitrogen and oxygen atoms in total. The van der Waals surface area contributed by atoms with Crippen molar-refractivity contribution in [3.05, 3.63) is 29.3 Å². The molecule has 94 valence electrons. The molecule has 17 heavy (non-hydrogen) atoms. The van der Waals surface area contributed by atoms with Crippen molar-refractivity contribution in [1.29, 1.82) is 0 Å². The number of hydrogen-bond donors (Lipinski definition) is 1. The first-order valence-corrected chi connectivity index (χ1v) is 6.07. The number of hydrogen-bond acceptors (Lipinski definition) is 3. The van der Waals surface area contributed by atoms with Crippen LogP contribution in [0.3, 0.4) is 0 Å². The van der Waals surface area contributed by atoms with E-state index in [0.717, 1.165) is 17.5 Å². The number of ether oxygens (including phenoxy) is 2. The molecule has 1 aromatic rings. The summed E-state index contributed by atoms with van der Waals surface area (Å²) in [6, 6.07) is 5.75. The third-order valence-corrected chi connectivity index (χ3v) is 2.86. The number of rotatable bonds is 6. The van der Waals surface area contributed by atoms with Crippen LogP contribution in [0.5, 0.6) is 5.75 Å². The van der Waals surface area contributed by atoms with Crippen LogP contribution in [0.2, 0.25) is 0 Å². The molecule has 0 amide bonds. The highest BCUT2D eigenvalue weighted by Crippen LogP contribution is 2.20. The Kier molecular flexibility index (Phi) is 5.38. The Morgan fingerprint density at radius 1 is 1.47 bits per heavy atom. The van der Waals surface area contributed by atoms with Gasteiger partial charge in [-0.3, -0.25) is 0 Å². The van der Waals surface area contributed by atoms with Crippen molar-refractivity contribution in [2.75, 3.05) is 7.11 Å². The van der Waals surface area contributed by atoms with E-state index >= 15 is 0 Å². The van der Waals surface area contributed by atoms with E-state index in [1.165, 1.54) is 0 Å². The molecule has 0 radical (unpaired) electrons. The van der Waals surface area contributed by atoms with Crippen LogP contribution >= 0.6 is 12.2 Å². The first kappa shape index (κ1) is 13.9. The van der Waals surface area contributed by atoms with Crippen molar-refractivity contribution in [1.82, 2.24) is 0 Å². The number of nitrogens with two attached hydrogens (primary N) is 1. The van der Waals surface area contributed by atoms with Gasteiger partial charge in [0.2, 0.25) is 0 Å². The predicted molar refractivity (Wildman–Crippen MR) is 73.4 cm³/mol. The van der Waals surface area contributed by atoms with Gasteiger partial charge in [-0.25, -0.2) is 0 Å². The molecule has 0 heterocycles. The minimum absolute atomic E-state index is 0.255. The quantitative estimate of drug-likeness (QED) is 0.792. The zero-order valence-electron chi connectivity index (χ0n) is 10.5. The highest BCUT2D eigenvalue weighted by Gasteiger charge is 2.07. The minimum Gasteiger partial charge on any atom is -0.496 e. The summed E-state index contributed by atoms with van der Waals surface area (Å²) in [5.41, 5.74) is 7.46. The van der Waals surface area contributed by atoms with Crippen LogP contribution in [-0.2, 0) is 11.3 Å². The van der Waals surface area contributed by atoms with Gasteiger partial charge in [0.05, 0.1) is 25.4 Å². The molecule has 1 unspecified atom stereocenters. The second-order valence-electron chi connectivity index (χ2n) is 3.93. The van der Waals surface area contributed by atoms with E-state index in [1.807, 2.05) is 18.2 Å². The summed E-state index contributed by atoms with van der Waals surface area (Å²) < 4.78 is 10.9. The van der Waals surface area contributed by atoms with E-state index in [0.29, 0.717) is 17.3 Å². The molecule has 1 aromatic carbocycles. The topological polar surface area (TPSA) is 44.5 Å². The molecule has 0 spiro atoms. The standard InChI is InChI=1S/C13H19NO2S/c1-4-9(2)16-8-10-5-6-12(15-3)11(7-10)13(14)17/h5-7,9H,4,8H2,1-3H3,(H2,14,17). The molecular weight excluding hydrogens is 234 g/mol. The van der Waals surface area contributed by atoms with Crippen molar-refractivity contribution in [3.8, 4) is 5.75 Å². The first-order valence-electron chi connectivity index (χ1n) is 5.66. The van der Waals surface area contributed by atoms with E-state index in [4.69, 9.17) is 27.4 Å². The Morgan fingerprint density at radius 2 is 2.18 bits per heavy atom. The van der Waals surface area contributed by atoms with Crippen molar-refractivity contribution in [2.24, 2.45) is 5.73 Å². The molecule has 1 rings (SSSR count). The van der Waals surface area contributed by atoms with E-state index in [9.17, 15) is 0 Å². The summed E-state index contributed by atoms with van der Waals surface area (Å²) in [5.74, 6) is 0.699. The van der Waals surface area contributed by atoms with Gasteiger partial charge in [0, 0.05) is 0 Å². The third-order valence-electron chi connectivity index (χ3n) is 2.64. The Bertz CT molecular complexity index is 393. The lowest BCUT2D eigenvalue weighted by Crippen LogP contribution is -2.12. The zero-order valence-corrected chi connectivity index (χ0v) is 11.3. The van der Waals surface area contributed by atoms with Crippen LogP contribution in [0.4, 0.5) is 0 Å². The molecule has 0 aliphatic rings. The van der Waals surface area contributed by atoms with Crippen LogP contribution < -0.4 is 10.5 Å². The molecule has 0 fully saturated rings. The van der Waals surface area contributed by atoms with Crippen LogP contribution in [0.25, 0.3) is 0 Å². The molecule has 4 heteroatoms. The van der Waals surface area contributed by atoms with E-state index in [1.54, 1.807) is 7.11 Å². The molecule has 0 aliphatic carbocycles. The predicted octanol–water partition coefficient (Wildman–Crippen LogP) is 2.64. The van der Waals surface area contributed by atoms with E-state index in [2.05, 4.69) is 13.8 Å². The van der Waals surface area contributed by atoms with Gasteiger partial charge < -0.3 is 15.2 Å². The molecule has 1 atom stereocenters. The maximum Gasteiger partial charge on any atom is 0.129 e. The van der Waals surface area contributed by atoms with Crippen LogP contribution in [-0.4, -0.2) is 18.2 Å². The Morgan fingerprint density at radius 3 is 2.71 bits per heavy atom. The number of benzene rings is 1. The summed E-state index contributed by atoms with van der Waals surface area (Å²) in [6.45, 7) is 4.71. The third kappa shape index (κ3) is 3.98. The van der Waals surface area contributed by atoms with Crippen molar-refractivity contribution < 1.29 is 9.47 Å². The van der Waals surface area contributed by atoms with Gasteiger partial charge in [0.15, 0.2) is 0 Å². The van der Waals surface area contributed by atoms with Crippen LogP contribution in [0.1, 0.15) is 31.4 Å². The number of methoxy groups -OCH3 is 1. The average molecular weight is 253 g/mol. The first-order chi connectivity index (χ1) is 8.08. The lowest BCUT2D eigenvalue weighted by Gasteiger charge is -2.13. The Hall–Kier alpha value is -1.13. The minimum atomic E-state index is 0.255. The van der Waals surface area contributed by atoms with E-state index < -0.39 is 0 Å². The molecule has 0 aromatic heterocycles. The summed E-state index contributed by atoms with van der Waals surface area (Å²) in [4.78, 5) is 0.340. The van der Waals surface area contributed by atoms with Gasteiger partial charge in [0.1, 0.15) is 10.7 Å². The van der Waals surface area contributed by atoms with Gasteiger partial charge in [-0.1, -0.05) is 25.2 Å². The second-order valence-corrected chi connectivity index (χ2v) is 4.37. The lowest BCUT2D eigenvalue weighted by atomic mass is 10.1. The van der Waals surface area contributed by atoms with Gasteiger partial charge in [-0.15, -0.1) is 0 Å². The fraction of sp³-hybridized carbons (Fsp3) is 0.462. The smallest absolute Gasteiger partial charge is 0.129 e. The van der Waals surface area contributed by atoms with Crippen molar-refractivity contribution in [3.63, 3.8) is 0 Å². The maximum atomic E-state index is 5.66. The van der Waals surface area contributed by atoms with Crippen molar-refractivity contribution >= 4 is 17.2 Å². The maximum absolute atomic E-state index is 5.66. The summed E-state index contributed by atoms with van der Waals surface area (Å²) in [6.07, 6.45) is 1.25. The van der Waals surface area contributed by atoms with Crippen LogP contribution in [0.15, 0.2) is 18.2 Å². The Labute approximate surface area is 108 Å². The van der Waals surface area contributed by atoms with Crippen molar-refractivity contribution in [2.45, 2.75) is 33.0 Å². The summed E-state index contributed by atoms with van der Waals surface area (Å²) in [7, 11) is 1.60. The monoisotopic (exact) mass is 253 g/mol. The van der Waals surface area contributed by atoms with Gasteiger partial charge >= 0.3 is 0 Å². The molecule has 0 bridgehead atoms. The summed E-state index contributed by atoms with van der Waals surface area (Å²) >= 11 is 4.99. The number of thiocarbonyl (C=S) groups is 1. The highest BCUT2D eigenvalue weighted by atomic mass is 32.1. The van der Waals surface area contributed by atoms with Gasteiger partial charge in [-0.2, -0.15) is 0 Å². The summed E-state index contributed by atoms with van der Waals surface area (Å²) in [5, 5.41) is 0. The molecular formula is C13H19NO2S. The zero-order chi connectivity index (χ0) is 12.8. The molecule has 0 saturated heterocycles. The normalized spacial score (nSPS) is 12.2. The molecule has 0 saturated carbocycles. The highest BCUT2D eigenvalue weighted by molar-refractivity contribution is 7.80. The molecule has 0 aliphatic heterocycles. The van der Waals surface area contributed by atoms with Gasteiger partial charge in [-0.05, 0) is 31.0 Å². The second kappa shape index (κ2) is 6.57. The largest absolute Gasteiger partial charge is 0.496 e. The average Bonchev–Trinajstić information content (AvgIpc) is 2.35. The molecule has 2 N–H and O–H groups in total. The SMILES string of the molecule is CCC(C)OCc1ccc(OC)c(C(N)=S)c1. The Balaban J connectivity index is 2.81. The fourth-order valence-corrected chi connectivity index (χ4v) is 1.55. The lowest BCUT2D eigenvalue weighted by molar-refractivity contribution is 0.0508. The van der Waals surface area contributed by atoms with Gasteiger partial charge in [0.25, 0.3) is 0 Å².